The molecule has 1 heterocycles. The number of rotatable bonds is 0. The van der Waals surface area contributed by atoms with Crippen molar-refractivity contribution in [2.24, 2.45) is 4.90 Å². The number of hydrogen-bond acceptors (Lipinski definition) is 6. The zero-order valence-electron chi connectivity index (χ0n) is 6.81. The third-order valence-electron chi connectivity index (χ3n) is 1.48. The molecule has 0 radical (unpaired) electrons. The van der Waals surface area contributed by atoms with Crippen LogP contribution in [-0.4, -0.2) is 12.7 Å². The van der Waals surface area contributed by atoms with Gasteiger partial charge >= 0.3 is 6.98 Å². The Bertz CT molecular complexity index is 488. The van der Waals surface area contributed by atoms with Crippen molar-refractivity contribution in [3.05, 3.63) is 11.3 Å². The van der Waals surface area contributed by atoms with Gasteiger partial charge in [0.25, 0.3) is 0 Å². The standard InChI is InChI=1S/C7HBN6/c9-1-5-6(2-10)13-8(4-12)14-7(5)3-11/h13H. The Morgan fingerprint density at radius 2 is 1.79 bits per heavy atom. The molecule has 0 aromatic carbocycles. The van der Waals surface area contributed by atoms with Crippen molar-refractivity contribution >= 4 is 12.7 Å². The molecular formula is C7HBN6. The maximum Gasteiger partial charge on any atom is 0.513 e. The highest BCUT2D eigenvalue weighted by Crippen LogP contribution is 2.08. The van der Waals surface area contributed by atoms with E-state index < -0.39 is 6.98 Å². The van der Waals surface area contributed by atoms with Gasteiger partial charge in [-0.1, -0.05) is 0 Å². The molecule has 1 rings (SSSR count). The molecule has 0 saturated heterocycles. The first-order valence-corrected chi connectivity index (χ1v) is 3.45. The van der Waals surface area contributed by atoms with E-state index in [-0.39, 0.29) is 17.0 Å². The van der Waals surface area contributed by atoms with Crippen LogP contribution in [0.4, 0.5) is 0 Å². The smallest absolute Gasteiger partial charge is 0.386 e. The normalized spacial score (nSPS) is 14.0. The highest BCUT2D eigenvalue weighted by Gasteiger charge is 2.26. The van der Waals surface area contributed by atoms with Crippen molar-refractivity contribution in [2.75, 3.05) is 0 Å². The van der Waals surface area contributed by atoms with Crippen molar-refractivity contribution in [3.8, 4) is 24.2 Å². The Hall–Kier alpha value is -2.77. The van der Waals surface area contributed by atoms with E-state index in [0.29, 0.717) is 0 Å². The van der Waals surface area contributed by atoms with Gasteiger partial charge in [0.05, 0.1) is 5.97 Å². The lowest BCUT2D eigenvalue weighted by molar-refractivity contribution is 1.17. The van der Waals surface area contributed by atoms with Crippen molar-refractivity contribution in [3.63, 3.8) is 0 Å². The first kappa shape index (κ1) is 9.32. The third kappa shape index (κ3) is 1.39. The van der Waals surface area contributed by atoms with Gasteiger partial charge in [0.1, 0.15) is 35.2 Å². The fourth-order valence-corrected chi connectivity index (χ4v) is 0.896. The lowest BCUT2D eigenvalue weighted by atomic mass is 9.77. The lowest BCUT2D eigenvalue weighted by Gasteiger charge is -2.11. The molecule has 1 N–H and O–H groups in total. The molecule has 62 valence electrons. The minimum atomic E-state index is -0.976. The quantitative estimate of drug-likeness (QED) is 0.499. The summed E-state index contributed by atoms with van der Waals surface area (Å²) in [6.07, 6.45) is 0. The van der Waals surface area contributed by atoms with Crippen LogP contribution in [0.15, 0.2) is 16.2 Å². The second-order valence-corrected chi connectivity index (χ2v) is 2.24. The highest BCUT2D eigenvalue weighted by molar-refractivity contribution is 6.66. The largest absolute Gasteiger partial charge is 0.513 e. The molecule has 0 aliphatic carbocycles. The topological polar surface area (TPSA) is 120 Å². The van der Waals surface area contributed by atoms with Crippen LogP contribution in [0.2, 0.25) is 0 Å². The average Bonchev–Trinajstić information content (AvgIpc) is 2.26. The molecule has 0 saturated carbocycles. The van der Waals surface area contributed by atoms with E-state index in [0.717, 1.165) is 0 Å². The van der Waals surface area contributed by atoms with Gasteiger partial charge < -0.3 is 5.23 Å². The summed E-state index contributed by atoms with van der Waals surface area (Å²) in [5.74, 6) is 1.73. The van der Waals surface area contributed by atoms with Gasteiger partial charge in [0, 0.05) is 0 Å². The van der Waals surface area contributed by atoms with Crippen LogP contribution in [0.1, 0.15) is 0 Å². The van der Waals surface area contributed by atoms with Gasteiger partial charge in [-0.05, 0) is 0 Å². The van der Waals surface area contributed by atoms with E-state index in [4.69, 9.17) is 21.0 Å². The monoisotopic (exact) mass is 180 g/mol. The second kappa shape index (κ2) is 3.76. The minimum Gasteiger partial charge on any atom is -0.386 e. The van der Waals surface area contributed by atoms with E-state index in [9.17, 15) is 0 Å². The Kier molecular flexibility index (Phi) is 2.50. The Morgan fingerprint density at radius 3 is 2.21 bits per heavy atom. The van der Waals surface area contributed by atoms with Gasteiger partial charge in [0.15, 0.2) is 0 Å². The summed E-state index contributed by atoms with van der Waals surface area (Å²) in [6.45, 7) is -0.976. The average molecular weight is 180 g/mol. The van der Waals surface area contributed by atoms with Crippen molar-refractivity contribution in [1.82, 2.24) is 5.23 Å². The van der Waals surface area contributed by atoms with E-state index in [1.54, 1.807) is 24.2 Å². The van der Waals surface area contributed by atoms with Crippen molar-refractivity contribution < 1.29 is 0 Å². The third-order valence-corrected chi connectivity index (χ3v) is 1.48. The van der Waals surface area contributed by atoms with Crippen LogP contribution in [0.3, 0.4) is 0 Å². The summed E-state index contributed by atoms with van der Waals surface area (Å²) in [5, 5.41) is 36.8. The Balaban J connectivity index is 3.29. The molecule has 1 aliphatic heterocycles. The molecule has 0 bridgehead atoms. The summed E-state index contributed by atoms with van der Waals surface area (Å²) in [4.78, 5) is 3.62. The first-order valence-electron chi connectivity index (χ1n) is 3.45. The molecule has 0 fully saturated rings. The van der Waals surface area contributed by atoms with E-state index in [1.165, 1.54) is 0 Å². The predicted octanol–water partition coefficient (Wildman–Crippen LogP) is -0.594. The molecular weight excluding hydrogens is 179 g/mol. The fraction of sp³-hybridized carbons (Fsp3) is 0. The van der Waals surface area contributed by atoms with Crippen LogP contribution in [0.25, 0.3) is 0 Å². The Morgan fingerprint density at radius 1 is 1.07 bits per heavy atom. The molecule has 1 aliphatic rings. The molecule has 0 atom stereocenters. The fourth-order valence-electron chi connectivity index (χ4n) is 0.896. The van der Waals surface area contributed by atoms with E-state index >= 15 is 0 Å². The number of nitrogens with one attached hydrogen (secondary N) is 1. The summed E-state index contributed by atoms with van der Waals surface area (Å²) in [7, 11) is 0. The van der Waals surface area contributed by atoms with Crippen LogP contribution in [-0.2, 0) is 0 Å². The number of hydrogen-bond donors (Lipinski definition) is 1. The van der Waals surface area contributed by atoms with E-state index in [1.807, 2.05) is 0 Å². The second-order valence-electron chi connectivity index (χ2n) is 2.24. The predicted molar refractivity (Wildman–Crippen MR) is 45.8 cm³/mol. The van der Waals surface area contributed by atoms with Crippen molar-refractivity contribution in [1.29, 1.82) is 21.0 Å². The molecule has 0 aromatic heterocycles. The van der Waals surface area contributed by atoms with Gasteiger partial charge in [-0.15, -0.1) is 0 Å². The van der Waals surface area contributed by atoms with Crippen LogP contribution in [0.5, 0.6) is 0 Å². The number of nitriles is 4. The molecule has 0 amide bonds. The SMILES string of the molecule is N#CB1N=C(C#N)C(C#N)=C(C#N)N1. The van der Waals surface area contributed by atoms with Gasteiger partial charge in [0.2, 0.25) is 0 Å². The van der Waals surface area contributed by atoms with Crippen LogP contribution < -0.4 is 5.23 Å². The first-order chi connectivity index (χ1) is 6.76. The summed E-state index contributed by atoms with van der Waals surface area (Å²) >= 11 is 0. The van der Waals surface area contributed by atoms with Gasteiger partial charge in [-0.25, -0.2) is 5.26 Å². The van der Waals surface area contributed by atoms with E-state index in [2.05, 4.69) is 10.1 Å². The molecule has 7 heteroatoms. The molecule has 0 spiro atoms. The van der Waals surface area contributed by atoms with Gasteiger partial charge in [-0.3, -0.25) is 4.90 Å². The molecule has 0 unspecified atom stereocenters. The summed E-state index contributed by atoms with van der Waals surface area (Å²) < 4.78 is 0. The number of nitrogens with zero attached hydrogens (tertiary/aromatic N) is 5. The highest BCUT2D eigenvalue weighted by atomic mass is 14.9. The van der Waals surface area contributed by atoms with Crippen molar-refractivity contribution in [2.45, 2.75) is 0 Å². The number of allylic oxidation sites excluding steroid dienone is 2. The zero-order chi connectivity index (χ0) is 10.6. The molecule has 14 heavy (non-hydrogen) atoms. The zero-order valence-corrected chi connectivity index (χ0v) is 6.81. The maximum atomic E-state index is 8.64. The van der Waals surface area contributed by atoms with Crippen LogP contribution >= 0.6 is 0 Å². The summed E-state index contributed by atoms with van der Waals surface area (Å²) in [6, 6.07) is 5.04. The molecule has 6 nitrogen and oxygen atoms in total. The van der Waals surface area contributed by atoms with Crippen LogP contribution in [0, 0.1) is 45.2 Å². The lowest BCUT2D eigenvalue weighted by Crippen LogP contribution is -2.36. The minimum absolute atomic E-state index is 0.0920. The Labute approximate surface area is 80.1 Å². The van der Waals surface area contributed by atoms with Gasteiger partial charge in [-0.2, -0.15) is 15.8 Å². The maximum absolute atomic E-state index is 8.64. The summed E-state index contributed by atoms with van der Waals surface area (Å²) in [5.41, 5.74) is -0.401. The molecule has 0 aromatic rings.